The number of hydrogen-bond donors (Lipinski definition) is 2. The van der Waals surface area contributed by atoms with Crippen molar-refractivity contribution in [3.05, 3.63) is 29.8 Å². The Morgan fingerprint density at radius 3 is 2.95 bits per heavy atom. The van der Waals surface area contributed by atoms with Gasteiger partial charge in [0.1, 0.15) is 5.75 Å². The van der Waals surface area contributed by atoms with Gasteiger partial charge in [-0.25, -0.2) is 0 Å². The monoisotopic (exact) mass is 261 g/mol. The first-order valence-electron chi connectivity index (χ1n) is 6.91. The molecule has 102 valence electrons. The third kappa shape index (κ3) is 2.59. The van der Waals surface area contributed by atoms with Crippen LogP contribution in [0.2, 0.25) is 0 Å². The second-order valence-electron chi connectivity index (χ2n) is 5.46. The molecule has 19 heavy (non-hydrogen) atoms. The number of fused-ring (bicyclic) bond motifs is 1. The van der Waals surface area contributed by atoms with Crippen LogP contribution < -0.4 is 10.1 Å². The number of aliphatic hydroxyl groups is 1. The molecular formula is C15H19NO3. The molecule has 1 aliphatic carbocycles. The molecule has 1 fully saturated rings. The molecule has 2 aliphatic rings. The fraction of sp³-hybridized carbons (Fsp3) is 0.533. The molecule has 1 aromatic carbocycles. The van der Waals surface area contributed by atoms with Gasteiger partial charge in [0.05, 0.1) is 18.6 Å². The fourth-order valence-electron chi connectivity index (χ4n) is 2.85. The molecule has 4 heteroatoms. The number of carbonyl (C=O) groups is 1. The van der Waals surface area contributed by atoms with Gasteiger partial charge in [0.15, 0.2) is 0 Å². The van der Waals surface area contributed by atoms with Gasteiger partial charge in [0, 0.05) is 12.1 Å². The number of aliphatic hydroxyl groups excluding tert-OH is 1. The third-order valence-corrected chi connectivity index (χ3v) is 4.05. The molecule has 0 radical (unpaired) electrons. The van der Waals surface area contributed by atoms with Crippen LogP contribution in [-0.2, 0) is 4.79 Å². The van der Waals surface area contributed by atoms with Gasteiger partial charge in [0.25, 0.3) is 0 Å². The molecule has 0 bridgehead atoms. The Balaban J connectivity index is 1.61. The largest absolute Gasteiger partial charge is 0.493 e. The molecule has 3 rings (SSSR count). The number of hydrogen-bond acceptors (Lipinski definition) is 3. The Morgan fingerprint density at radius 2 is 2.16 bits per heavy atom. The zero-order chi connectivity index (χ0) is 13.2. The van der Waals surface area contributed by atoms with E-state index in [9.17, 15) is 9.90 Å². The molecule has 1 atom stereocenters. The van der Waals surface area contributed by atoms with Crippen molar-refractivity contribution in [1.29, 1.82) is 0 Å². The van der Waals surface area contributed by atoms with Crippen molar-refractivity contribution in [2.75, 3.05) is 13.2 Å². The summed E-state index contributed by atoms with van der Waals surface area (Å²) in [6, 6.07) is 7.74. The van der Waals surface area contributed by atoms with Crippen molar-refractivity contribution in [1.82, 2.24) is 5.32 Å². The minimum Gasteiger partial charge on any atom is -0.493 e. The number of amides is 1. The number of ether oxygens (including phenoxy) is 1. The third-order valence-electron chi connectivity index (χ3n) is 4.05. The molecule has 2 N–H and O–H groups in total. The average Bonchev–Trinajstić information content (AvgIpc) is 2.41. The molecule has 0 spiro atoms. The minimum absolute atomic E-state index is 0.0807. The zero-order valence-corrected chi connectivity index (χ0v) is 10.8. The average molecular weight is 261 g/mol. The SMILES string of the molecule is O=C(NCC1CC(O)C1)C1CCOc2ccccc21. The van der Waals surface area contributed by atoms with Gasteiger partial charge >= 0.3 is 0 Å². The summed E-state index contributed by atoms with van der Waals surface area (Å²) in [5.74, 6) is 1.24. The van der Waals surface area contributed by atoms with Gasteiger partial charge in [-0.2, -0.15) is 0 Å². The van der Waals surface area contributed by atoms with E-state index in [0.29, 0.717) is 19.1 Å². The summed E-state index contributed by atoms with van der Waals surface area (Å²) in [7, 11) is 0. The van der Waals surface area contributed by atoms with Crippen LogP contribution in [0, 0.1) is 5.92 Å². The van der Waals surface area contributed by atoms with E-state index in [4.69, 9.17) is 4.74 Å². The summed E-state index contributed by atoms with van der Waals surface area (Å²) < 4.78 is 5.56. The quantitative estimate of drug-likeness (QED) is 0.865. The molecule has 4 nitrogen and oxygen atoms in total. The Kier molecular flexibility index (Phi) is 3.42. The maximum Gasteiger partial charge on any atom is 0.227 e. The fourth-order valence-corrected chi connectivity index (χ4v) is 2.85. The van der Waals surface area contributed by atoms with Gasteiger partial charge < -0.3 is 15.2 Å². The Hall–Kier alpha value is -1.55. The molecular weight excluding hydrogens is 242 g/mol. The van der Waals surface area contributed by atoms with Crippen LogP contribution >= 0.6 is 0 Å². The lowest BCUT2D eigenvalue weighted by atomic mass is 9.82. The van der Waals surface area contributed by atoms with Crippen LogP contribution in [0.1, 0.15) is 30.7 Å². The van der Waals surface area contributed by atoms with E-state index >= 15 is 0 Å². The standard InChI is InChI=1S/C15H19NO3/c17-11-7-10(8-11)9-16-15(18)13-5-6-19-14-4-2-1-3-12(13)14/h1-4,10-11,13,17H,5-9H2,(H,16,18). The number of nitrogens with one attached hydrogen (secondary N) is 1. The molecule has 1 aliphatic heterocycles. The van der Waals surface area contributed by atoms with E-state index in [-0.39, 0.29) is 17.9 Å². The summed E-state index contributed by atoms with van der Waals surface area (Å²) in [5, 5.41) is 12.2. The van der Waals surface area contributed by atoms with Gasteiger partial charge in [-0.15, -0.1) is 0 Å². The van der Waals surface area contributed by atoms with E-state index in [1.165, 1.54) is 0 Å². The van der Waals surface area contributed by atoms with Gasteiger partial charge in [-0.05, 0) is 31.2 Å². The number of rotatable bonds is 3. The molecule has 1 aromatic rings. The van der Waals surface area contributed by atoms with Crippen molar-refractivity contribution in [3.8, 4) is 5.75 Å². The van der Waals surface area contributed by atoms with E-state index < -0.39 is 0 Å². The summed E-state index contributed by atoms with van der Waals surface area (Å²) in [5.41, 5.74) is 0.986. The highest BCUT2D eigenvalue weighted by molar-refractivity contribution is 5.84. The van der Waals surface area contributed by atoms with Crippen molar-refractivity contribution < 1.29 is 14.6 Å². The molecule has 1 saturated carbocycles. The molecule has 1 heterocycles. The van der Waals surface area contributed by atoms with E-state index in [0.717, 1.165) is 30.6 Å². The van der Waals surface area contributed by atoms with Crippen molar-refractivity contribution in [3.63, 3.8) is 0 Å². The number of carbonyl (C=O) groups excluding carboxylic acids is 1. The minimum atomic E-state index is -0.161. The summed E-state index contributed by atoms with van der Waals surface area (Å²) >= 11 is 0. The molecule has 0 aromatic heterocycles. The second-order valence-corrected chi connectivity index (χ2v) is 5.46. The van der Waals surface area contributed by atoms with Crippen molar-refractivity contribution >= 4 is 5.91 Å². The molecule has 1 amide bonds. The van der Waals surface area contributed by atoms with E-state index in [2.05, 4.69) is 5.32 Å². The van der Waals surface area contributed by atoms with Crippen LogP contribution in [0.4, 0.5) is 0 Å². The van der Waals surface area contributed by atoms with Crippen LogP contribution in [0.5, 0.6) is 5.75 Å². The highest BCUT2D eigenvalue weighted by Gasteiger charge is 2.30. The molecule has 1 unspecified atom stereocenters. The lowest BCUT2D eigenvalue weighted by Crippen LogP contribution is -2.40. The summed E-state index contributed by atoms with van der Waals surface area (Å²) in [6.07, 6.45) is 2.19. The van der Waals surface area contributed by atoms with Crippen LogP contribution in [0.3, 0.4) is 0 Å². The summed E-state index contributed by atoms with van der Waals surface area (Å²) in [6.45, 7) is 1.27. The van der Waals surface area contributed by atoms with Crippen LogP contribution in [0.15, 0.2) is 24.3 Å². The smallest absolute Gasteiger partial charge is 0.227 e. The predicted molar refractivity (Wildman–Crippen MR) is 71.0 cm³/mol. The van der Waals surface area contributed by atoms with Crippen molar-refractivity contribution in [2.24, 2.45) is 5.92 Å². The lowest BCUT2D eigenvalue weighted by molar-refractivity contribution is -0.123. The number of benzene rings is 1. The normalized spacial score (nSPS) is 28.8. The van der Waals surface area contributed by atoms with E-state index in [1.807, 2.05) is 24.3 Å². The topological polar surface area (TPSA) is 58.6 Å². The van der Waals surface area contributed by atoms with Crippen LogP contribution in [-0.4, -0.2) is 30.3 Å². The Bertz CT molecular complexity index is 468. The van der Waals surface area contributed by atoms with Crippen molar-refractivity contribution in [2.45, 2.75) is 31.3 Å². The number of para-hydroxylation sites is 1. The van der Waals surface area contributed by atoms with Gasteiger partial charge in [-0.3, -0.25) is 4.79 Å². The first-order chi connectivity index (χ1) is 9.24. The first-order valence-corrected chi connectivity index (χ1v) is 6.91. The maximum atomic E-state index is 12.3. The zero-order valence-electron chi connectivity index (χ0n) is 10.8. The van der Waals surface area contributed by atoms with Crippen LogP contribution in [0.25, 0.3) is 0 Å². The van der Waals surface area contributed by atoms with Gasteiger partial charge in [-0.1, -0.05) is 18.2 Å². The Morgan fingerprint density at radius 1 is 1.37 bits per heavy atom. The lowest BCUT2D eigenvalue weighted by Gasteiger charge is -2.32. The summed E-state index contributed by atoms with van der Waals surface area (Å²) in [4.78, 5) is 12.3. The predicted octanol–water partition coefficient (Wildman–Crippen LogP) is 1.44. The maximum absolute atomic E-state index is 12.3. The Labute approximate surface area is 112 Å². The first kappa shape index (κ1) is 12.5. The second kappa shape index (κ2) is 5.21. The highest BCUT2D eigenvalue weighted by atomic mass is 16.5. The molecule has 0 saturated heterocycles. The van der Waals surface area contributed by atoms with Gasteiger partial charge in [0.2, 0.25) is 5.91 Å². The highest BCUT2D eigenvalue weighted by Crippen LogP contribution is 2.33. The van der Waals surface area contributed by atoms with E-state index in [1.54, 1.807) is 0 Å².